The molecule has 2 N–H and O–H groups in total. The molecule has 5 heteroatoms. The van der Waals surface area contributed by atoms with Gasteiger partial charge in [0.1, 0.15) is 5.82 Å². The topological polar surface area (TPSA) is 38.5 Å². The SMILES string of the molecule is CN(CC1CCOCC1)C(CN)c1cc(F)ccc1Br. The molecule has 3 nitrogen and oxygen atoms in total. The minimum absolute atomic E-state index is 0.0305. The van der Waals surface area contributed by atoms with E-state index in [0.717, 1.165) is 42.6 Å². The highest BCUT2D eigenvalue weighted by Gasteiger charge is 2.22. The molecule has 0 aromatic heterocycles. The van der Waals surface area contributed by atoms with Gasteiger partial charge in [-0.2, -0.15) is 0 Å². The number of nitrogens with zero attached hydrogens (tertiary/aromatic N) is 1. The van der Waals surface area contributed by atoms with Crippen LogP contribution in [0.1, 0.15) is 24.4 Å². The van der Waals surface area contributed by atoms with Crippen LogP contribution in [0, 0.1) is 11.7 Å². The Hall–Kier alpha value is -0.490. The van der Waals surface area contributed by atoms with E-state index in [1.807, 2.05) is 0 Å². The summed E-state index contributed by atoms with van der Waals surface area (Å²) in [7, 11) is 2.06. The second kappa shape index (κ2) is 7.50. The molecule has 0 radical (unpaired) electrons. The molecule has 1 aromatic carbocycles. The molecular weight excluding hydrogens is 323 g/mol. The van der Waals surface area contributed by atoms with E-state index in [-0.39, 0.29) is 11.9 Å². The maximum Gasteiger partial charge on any atom is 0.123 e. The molecule has 0 bridgehead atoms. The zero-order valence-corrected chi connectivity index (χ0v) is 13.4. The average Bonchev–Trinajstić information content (AvgIpc) is 2.44. The first-order valence-electron chi connectivity index (χ1n) is 7.04. The third-order valence-electron chi connectivity index (χ3n) is 3.96. The number of nitrogens with two attached hydrogens (primary N) is 1. The fraction of sp³-hybridized carbons (Fsp3) is 0.600. The number of halogens is 2. The van der Waals surface area contributed by atoms with Crippen LogP contribution in [0.3, 0.4) is 0 Å². The van der Waals surface area contributed by atoms with Gasteiger partial charge in [0.2, 0.25) is 0 Å². The zero-order chi connectivity index (χ0) is 14.5. The van der Waals surface area contributed by atoms with Gasteiger partial charge in [-0.25, -0.2) is 4.39 Å². The second-order valence-corrected chi connectivity index (χ2v) is 6.27. The van der Waals surface area contributed by atoms with E-state index in [1.165, 1.54) is 6.07 Å². The Morgan fingerprint density at radius 3 is 2.80 bits per heavy atom. The molecule has 1 aromatic rings. The second-order valence-electron chi connectivity index (χ2n) is 5.41. The first-order chi connectivity index (χ1) is 9.61. The molecule has 0 amide bonds. The van der Waals surface area contributed by atoms with E-state index >= 15 is 0 Å². The summed E-state index contributed by atoms with van der Waals surface area (Å²) >= 11 is 3.50. The lowest BCUT2D eigenvalue weighted by Gasteiger charge is -2.33. The van der Waals surface area contributed by atoms with Crippen LogP contribution in [-0.4, -0.2) is 38.3 Å². The van der Waals surface area contributed by atoms with Crippen LogP contribution < -0.4 is 5.73 Å². The van der Waals surface area contributed by atoms with Crippen LogP contribution in [0.4, 0.5) is 4.39 Å². The molecule has 20 heavy (non-hydrogen) atoms. The Kier molecular flexibility index (Phi) is 5.96. The fourth-order valence-corrected chi connectivity index (χ4v) is 3.29. The van der Waals surface area contributed by atoms with Gasteiger partial charge in [-0.3, -0.25) is 4.90 Å². The molecule has 1 aliphatic rings. The molecule has 1 unspecified atom stereocenters. The first-order valence-corrected chi connectivity index (χ1v) is 7.84. The summed E-state index contributed by atoms with van der Waals surface area (Å²) in [5.41, 5.74) is 6.84. The Bertz CT molecular complexity index is 438. The maximum atomic E-state index is 13.5. The molecular formula is C15H22BrFN2O. The van der Waals surface area contributed by atoms with Crippen molar-refractivity contribution in [2.75, 3.05) is 33.4 Å². The Morgan fingerprint density at radius 2 is 2.15 bits per heavy atom. The predicted molar refractivity (Wildman–Crippen MR) is 82.1 cm³/mol. The lowest BCUT2D eigenvalue weighted by molar-refractivity contribution is 0.0506. The monoisotopic (exact) mass is 344 g/mol. The van der Waals surface area contributed by atoms with E-state index in [1.54, 1.807) is 12.1 Å². The molecule has 0 saturated carbocycles. The van der Waals surface area contributed by atoms with Crippen molar-refractivity contribution in [1.29, 1.82) is 0 Å². The van der Waals surface area contributed by atoms with Gasteiger partial charge in [-0.1, -0.05) is 15.9 Å². The molecule has 1 heterocycles. The molecule has 0 aliphatic carbocycles. The average molecular weight is 345 g/mol. The van der Waals surface area contributed by atoms with Gasteiger partial charge in [0.15, 0.2) is 0 Å². The minimum Gasteiger partial charge on any atom is -0.381 e. The summed E-state index contributed by atoms with van der Waals surface area (Å²) in [5.74, 6) is 0.413. The van der Waals surface area contributed by atoms with Crippen molar-refractivity contribution in [2.45, 2.75) is 18.9 Å². The highest BCUT2D eigenvalue weighted by atomic mass is 79.9. The van der Waals surface area contributed by atoms with E-state index < -0.39 is 0 Å². The third-order valence-corrected chi connectivity index (χ3v) is 4.68. The van der Waals surface area contributed by atoms with Crippen LogP contribution in [-0.2, 0) is 4.74 Å². The van der Waals surface area contributed by atoms with Gasteiger partial charge in [-0.15, -0.1) is 0 Å². The van der Waals surface area contributed by atoms with Crippen LogP contribution in [0.2, 0.25) is 0 Å². The number of rotatable bonds is 5. The molecule has 1 saturated heterocycles. The van der Waals surface area contributed by atoms with Gasteiger partial charge >= 0.3 is 0 Å². The number of benzene rings is 1. The largest absolute Gasteiger partial charge is 0.381 e. The number of hydrogen-bond acceptors (Lipinski definition) is 3. The minimum atomic E-state index is -0.221. The van der Waals surface area contributed by atoms with Crippen molar-refractivity contribution in [2.24, 2.45) is 11.7 Å². The summed E-state index contributed by atoms with van der Waals surface area (Å²) in [6.45, 7) is 3.13. The standard InChI is InChI=1S/C15H22BrFN2O/c1-19(10-11-4-6-20-7-5-11)15(9-18)13-8-12(17)2-3-14(13)16/h2-3,8,11,15H,4-7,9-10,18H2,1H3. The fourth-order valence-electron chi connectivity index (χ4n) is 2.78. The van der Waals surface area contributed by atoms with Crippen molar-refractivity contribution >= 4 is 15.9 Å². The Balaban J connectivity index is 2.07. The third kappa shape index (κ3) is 4.01. The Labute approximate surface area is 128 Å². The van der Waals surface area contributed by atoms with E-state index in [2.05, 4.69) is 27.9 Å². The van der Waals surface area contributed by atoms with Crippen LogP contribution in [0.25, 0.3) is 0 Å². The lowest BCUT2D eigenvalue weighted by atomic mass is 9.98. The summed E-state index contributed by atoms with van der Waals surface area (Å²) in [4.78, 5) is 2.23. The zero-order valence-electron chi connectivity index (χ0n) is 11.8. The first kappa shape index (κ1) is 15.9. The van der Waals surface area contributed by atoms with E-state index in [9.17, 15) is 4.39 Å². The Morgan fingerprint density at radius 1 is 1.45 bits per heavy atom. The van der Waals surface area contributed by atoms with Crippen LogP contribution in [0.5, 0.6) is 0 Å². The summed E-state index contributed by atoms with van der Waals surface area (Å²) < 4.78 is 19.8. The van der Waals surface area contributed by atoms with Crippen molar-refractivity contribution in [3.05, 3.63) is 34.1 Å². The number of likely N-dealkylation sites (N-methyl/N-ethyl adjacent to an activating group) is 1. The molecule has 112 valence electrons. The van der Waals surface area contributed by atoms with Gasteiger partial charge < -0.3 is 10.5 Å². The summed E-state index contributed by atoms with van der Waals surface area (Å²) in [6, 6.07) is 4.81. The highest BCUT2D eigenvalue weighted by molar-refractivity contribution is 9.10. The van der Waals surface area contributed by atoms with Crippen molar-refractivity contribution in [3.63, 3.8) is 0 Å². The smallest absolute Gasteiger partial charge is 0.123 e. The van der Waals surface area contributed by atoms with Gasteiger partial charge in [-0.05, 0) is 49.6 Å². The molecule has 0 spiro atoms. The van der Waals surface area contributed by atoms with Crippen LogP contribution >= 0.6 is 15.9 Å². The summed E-state index contributed by atoms with van der Waals surface area (Å²) in [6.07, 6.45) is 2.18. The summed E-state index contributed by atoms with van der Waals surface area (Å²) in [5, 5.41) is 0. The number of hydrogen-bond donors (Lipinski definition) is 1. The molecule has 2 rings (SSSR count). The normalized spacial score (nSPS) is 18.4. The quantitative estimate of drug-likeness (QED) is 0.892. The van der Waals surface area contributed by atoms with Crippen molar-refractivity contribution < 1.29 is 9.13 Å². The predicted octanol–water partition coefficient (Wildman–Crippen LogP) is 2.95. The van der Waals surface area contributed by atoms with Crippen molar-refractivity contribution in [1.82, 2.24) is 4.90 Å². The molecule has 1 aliphatic heterocycles. The highest BCUT2D eigenvalue weighted by Crippen LogP contribution is 2.29. The van der Waals surface area contributed by atoms with Crippen LogP contribution in [0.15, 0.2) is 22.7 Å². The van der Waals surface area contributed by atoms with E-state index in [0.29, 0.717) is 12.5 Å². The molecule has 1 atom stereocenters. The number of ether oxygens (including phenoxy) is 1. The van der Waals surface area contributed by atoms with Gasteiger partial charge in [0, 0.05) is 36.8 Å². The van der Waals surface area contributed by atoms with E-state index in [4.69, 9.17) is 10.5 Å². The van der Waals surface area contributed by atoms with Crippen molar-refractivity contribution in [3.8, 4) is 0 Å². The molecule has 1 fully saturated rings. The van der Waals surface area contributed by atoms with Gasteiger partial charge in [0.25, 0.3) is 0 Å². The maximum absolute atomic E-state index is 13.5. The lowest BCUT2D eigenvalue weighted by Crippen LogP contribution is -2.36. The van der Waals surface area contributed by atoms with Gasteiger partial charge in [0.05, 0.1) is 0 Å².